The van der Waals surface area contributed by atoms with Gasteiger partial charge >= 0.3 is 5.97 Å². The Hall–Kier alpha value is -3.13. The fourth-order valence-electron chi connectivity index (χ4n) is 1.98. The van der Waals surface area contributed by atoms with Crippen molar-refractivity contribution >= 4 is 29.5 Å². The SMILES string of the molecule is COc1ccc(CNC(=S)N/N=C\c2ccccc2OCC(=O)O)cc1. The van der Waals surface area contributed by atoms with Crippen LogP contribution >= 0.6 is 12.2 Å². The quantitative estimate of drug-likeness (QED) is 0.371. The molecule has 26 heavy (non-hydrogen) atoms. The molecule has 0 aliphatic carbocycles. The van der Waals surface area contributed by atoms with Gasteiger partial charge in [-0.25, -0.2) is 4.79 Å². The highest BCUT2D eigenvalue weighted by molar-refractivity contribution is 7.80. The minimum Gasteiger partial charge on any atom is -0.497 e. The van der Waals surface area contributed by atoms with Crippen LogP contribution in [-0.2, 0) is 11.3 Å². The summed E-state index contributed by atoms with van der Waals surface area (Å²) in [5.74, 6) is 0.180. The summed E-state index contributed by atoms with van der Waals surface area (Å²) < 4.78 is 10.3. The van der Waals surface area contributed by atoms with E-state index in [4.69, 9.17) is 26.8 Å². The Morgan fingerprint density at radius 2 is 1.96 bits per heavy atom. The number of rotatable bonds is 8. The van der Waals surface area contributed by atoms with Crippen LogP contribution in [0.2, 0.25) is 0 Å². The Morgan fingerprint density at radius 1 is 1.23 bits per heavy atom. The van der Waals surface area contributed by atoms with Crippen molar-refractivity contribution in [2.24, 2.45) is 5.10 Å². The summed E-state index contributed by atoms with van der Waals surface area (Å²) in [7, 11) is 1.62. The lowest BCUT2D eigenvalue weighted by Gasteiger charge is -2.08. The summed E-state index contributed by atoms with van der Waals surface area (Å²) in [6, 6.07) is 14.6. The monoisotopic (exact) mass is 373 g/mol. The van der Waals surface area contributed by atoms with Crippen LogP contribution in [0.15, 0.2) is 53.6 Å². The largest absolute Gasteiger partial charge is 0.497 e. The lowest BCUT2D eigenvalue weighted by molar-refractivity contribution is -0.139. The van der Waals surface area contributed by atoms with Gasteiger partial charge in [0.15, 0.2) is 11.7 Å². The lowest BCUT2D eigenvalue weighted by Crippen LogP contribution is -2.31. The molecule has 0 radical (unpaired) electrons. The van der Waals surface area contributed by atoms with Crippen molar-refractivity contribution in [3.8, 4) is 11.5 Å². The van der Waals surface area contributed by atoms with Gasteiger partial charge in [-0.3, -0.25) is 5.43 Å². The van der Waals surface area contributed by atoms with Crippen LogP contribution in [0.4, 0.5) is 0 Å². The number of hydrazone groups is 1. The molecule has 0 saturated carbocycles. The van der Waals surface area contributed by atoms with Crippen LogP contribution in [0.25, 0.3) is 0 Å². The highest BCUT2D eigenvalue weighted by Gasteiger charge is 2.03. The molecule has 0 aromatic heterocycles. The maximum Gasteiger partial charge on any atom is 0.341 e. The third kappa shape index (κ3) is 6.40. The minimum atomic E-state index is -1.04. The van der Waals surface area contributed by atoms with E-state index < -0.39 is 12.6 Å². The van der Waals surface area contributed by atoms with E-state index in [0.717, 1.165) is 11.3 Å². The third-order valence-corrected chi connectivity index (χ3v) is 3.49. The van der Waals surface area contributed by atoms with Gasteiger partial charge in [0.25, 0.3) is 0 Å². The van der Waals surface area contributed by atoms with Crippen LogP contribution < -0.4 is 20.2 Å². The van der Waals surface area contributed by atoms with Crippen molar-refractivity contribution in [2.75, 3.05) is 13.7 Å². The molecule has 0 aliphatic heterocycles. The number of carbonyl (C=O) groups is 1. The molecule has 2 aromatic rings. The summed E-state index contributed by atoms with van der Waals surface area (Å²) in [5.41, 5.74) is 4.39. The number of para-hydroxylation sites is 1. The van der Waals surface area contributed by atoms with Gasteiger partial charge in [0.2, 0.25) is 0 Å². The van der Waals surface area contributed by atoms with E-state index in [1.165, 1.54) is 6.21 Å². The predicted octanol–water partition coefficient (Wildman–Crippen LogP) is 2.16. The molecule has 0 aliphatic rings. The van der Waals surface area contributed by atoms with E-state index in [0.29, 0.717) is 23.0 Å². The van der Waals surface area contributed by atoms with Crippen LogP contribution in [0.1, 0.15) is 11.1 Å². The lowest BCUT2D eigenvalue weighted by atomic mass is 10.2. The van der Waals surface area contributed by atoms with Crippen molar-refractivity contribution < 1.29 is 19.4 Å². The van der Waals surface area contributed by atoms with Crippen molar-refractivity contribution in [3.05, 3.63) is 59.7 Å². The smallest absolute Gasteiger partial charge is 0.341 e. The maximum atomic E-state index is 10.6. The Morgan fingerprint density at radius 3 is 2.65 bits per heavy atom. The molecule has 0 saturated heterocycles. The molecule has 0 fully saturated rings. The molecule has 136 valence electrons. The molecule has 0 amide bonds. The number of ether oxygens (including phenoxy) is 2. The molecule has 0 spiro atoms. The Bertz CT molecular complexity index is 778. The van der Waals surface area contributed by atoms with E-state index in [1.54, 1.807) is 31.4 Å². The van der Waals surface area contributed by atoms with Gasteiger partial charge in [-0.05, 0) is 42.0 Å². The van der Waals surface area contributed by atoms with Gasteiger partial charge in [0, 0.05) is 12.1 Å². The van der Waals surface area contributed by atoms with E-state index >= 15 is 0 Å². The number of methoxy groups -OCH3 is 1. The number of carboxylic acid groups (broad SMARTS) is 1. The second-order valence-corrected chi connectivity index (χ2v) is 5.53. The Kier molecular flexibility index (Phi) is 7.38. The summed E-state index contributed by atoms with van der Waals surface area (Å²) in [4.78, 5) is 10.6. The van der Waals surface area contributed by atoms with Gasteiger partial charge in [-0.15, -0.1) is 0 Å². The normalized spacial score (nSPS) is 10.3. The molecule has 0 unspecified atom stereocenters. The topological polar surface area (TPSA) is 92.2 Å². The van der Waals surface area contributed by atoms with Crippen molar-refractivity contribution in [2.45, 2.75) is 6.54 Å². The van der Waals surface area contributed by atoms with Crippen molar-refractivity contribution in [1.82, 2.24) is 10.7 Å². The number of nitrogens with zero attached hydrogens (tertiary/aromatic N) is 1. The fraction of sp³-hybridized carbons (Fsp3) is 0.167. The minimum absolute atomic E-state index is 0.362. The van der Waals surface area contributed by atoms with Crippen LogP contribution in [0.3, 0.4) is 0 Å². The average molecular weight is 373 g/mol. The zero-order chi connectivity index (χ0) is 18.8. The van der Waals surface area contributed by atoms with Crippen molar-refractivity contribution in [1.29, 1.82) is 0 Å². The van der Waals surface area contributed by atoms with Gasteiger partial charge in [0.05, 0.1) is 13.3 Å². The average Bonchev–Trinajstić information content (AvgIpc) is 2.66. The number of hydrogen-bond donors (Lipinski definition) is 3. The summed E-state index contributed by atoms with van der Waals surface area (Å²) >= 11 is 5.17. The van der Waals surface area contributed by atoms with Gasteiger partial charge < -0.3 is 19.9 Å². The number of benzene rings is 2. The molecule has 0 atom stereocenters. The van der Waals surface area contributed by atoms with E-state index in [9.17, 15) is 4.79 Å². The molecule has 7 nitrogen and oxygen atoms in total. The maximum absolute atomic E-state index is 10.6. The first-order valence-electron chi connectivity index (χ1n) is 7.72. The first-order chi connectivity index (χ1) is 12.6. The van der Waals surface area contributed by atoms with Crippen LogP contribution in [0.5, 0.6) is 11.5 Å². The molecule has 0 heterocycles. The molecular formula is C18H19N3O4S. The number of hydrogen-bond acceptors (Lipinski definition) is 5. The molecule has 8 heteroatoms. The number of thiocarbonyl (C=S) groups is 1. The van der Waals surface area contributed by atoms with Gasteiger partial charge in [-0.2, -0.15) is 5.10 Å². The van der Waals surface area contributed by atoms with E-state index in [-0.39, 0.29) is 0 Å². The summed E-state index contributed by atoms with van der Waals surface area (Å²) in [6.07, 6.45) is 1.51. The van der Waals surface area contributed by atoms with E-state index in [1.807, 2.05) is 24.3 Å². The van der Waals surface area contributed by atoms with Gasteiger partial charge in [-0.1, -0.05) is 24.3 Å². The molecule has 0 bridgehead atoms. The first kappa shape index (κ1) is 19.2. The predicted molar refractivity (Wildman–Crippen MR) is 103 cm³/mol. The fourth-order valence-corrected chi connectivity index (χ4v) is 2.11. The third-order valence-electron chi connectivity index (χ3n) is 3.25. The number of carboxylic acids is 1. The zero-order valence-corrected chi connectivity index (χ0v) is 15.0. The Labute approximate surface area is 156 Å². The van der Waals surface area contributed by atoms with E-state index in [2.05, 4.69) is 15.8 Å². The van der Waals surface area contributed by atoms with Crippen LogP contribution in [0, 0.1) is 0 Å². The number of nitrogens with one attached hydrogen (secondary N) is 2. The summed E-state index contributed by atoms with van der Waals surface area (Å²) in [6.45, 7) is 0.129. The first-order valence-corrected chi connectivity index (χ1v) is 8.13. The second-order valence-electron chi connectivity index (χ2n) is 5.12. The number of aliphatic carboxylic acids is 1. The molecule has 3 N–H and O–H groups in total. The standard InChI is InChI=1S/C18H19N3O4S/c1-24-15-8-6-13(7-9-15)10-19-18(26)21-20-11-14-4-2-3-5-16(14)25-12-17(22)23/h2-9,11H,10,12H2,1H3,(H,22,23)(H2,19,21,26)/b20-11-. The molecule has 2 rings (SSSR count). The zero-order valence-electron chi connectivity index (χ0n) is 14.1. The van der Waals surface area contributed by atoms with Crippen LogP contribution in [-0.4, -0.2) is 36.1 Å². The highest BCUT2D eigenvalue weighted by Crippen LogP contribution is 2.15. The van der Waals surface area contributed by atoms with Crippen molar-refractivity contribution in [3.63, 3.8) is 0 Å². The second kappa shape index (κ2) is 10.00. The molecule has 2 aromatic carbocycles. The highest BCUT2D eigenvalue weighted by atomic mass is 32.1. The summed E-state index contributed by atoms with van der Waals surface area (Å²) in [5, 5.41) is 16.1. The molecular weight excluding hydrogens is 354 g/mol. The Balaban J connectivity index is 1.83. The van der Waals surface area contributed by atoms with Gasteiger partial charge in [0.1, 0.15) is 11.5 Å².